The third-order valence-electron chi connectivity index (χ3n) is 26.5. The molecule has 9 nitrogen and oxygen atoms in total. The standard InChI is InChI=1S/C100H196N6O3/c1-7-13-19-25-31-37-43-49-55-67-79-104(80-68-56-50-44-38-32-26-20-14-8-2)85-73-61-64-76-101-95(107)98-88-94-89-99(91-98,96(108)102-77-65-62-74-86-105(81-69-57-51-45-39-33-27-21-15-9-3)82-70-58-52-46-40-34-28-22-16-10-4)93-100(90-94,92-98)97(109)103-78-66-63-75-87-106(83-71-59-53-47-41-35-29-23-17-11-5)84-72-60-54-48-42-36-30-24-18-12-6/h94H,7-93H2,1-6H3,(H,101,107)(H,102,108)(H,103,109)/i91D. The smallest absolute Gasteiger partial charge is 0.226 e. The van der Waals surface area contributed by atoms with Crippen LogP contribution in [-0.4, -0.2) is 111 Å². The molecule has 0 aromatic rings. The Morgan fingerprint density at radius 2 is 0.376 bits per heavy atom. The van der Waals surface area contributed by atoms with Crippen LogP contribution in [0.3, 0.4) is 0 Å². The first kappa shape index (κ1) is 99.6. The molecule has 644 valence electrons. The van der Waals surface area contributed by atoms with Gasteiger partial charge in [-0.3, -0.25) is 14.4 Å². The average molecular weight is 1530 g/mol. The molecule has 0 aliphatic heterocycles. The lowest BCUT2D eigenvalue weighted by atomic mass is 9.39. The molecule has 0 spiro atoms. The van der Waals surface area contributed by atoms with Crippen molar-refractivity contribution in [1.29, 1.82) is 0 Å². The van der Waals surface area contributed by atoms with Crippen molar-refractivity contribution < 1.29 is 15.8 Å². The van der Waals surface area contributed by atoms with Crippen LogP contribution in [0.1, 0.15) is 524 Å². The van der Waals surface area contributed by atoms with E-state index in [0.717, 1.165) is 83.8 Å². The van der Waals surface area contributed by atoms with Gasteiger partial charge in [-0.25, -0.2) is 0 Å². The van der Waals surface area contributed by atoms with E-state index in [1.54, 1.807) is 0 Å². The number of rotatable bonds is 87. The van der Waals surface area contributed by atoms with Crippen LogP contribution in [0.25, 0.3) is 0 Å². The summed E-state index contributed by atoms with van der Waals surface area (Å²) < 4.78 is 10.3. The zero-order chi connectivity index (χ0) is 79.1. The second-order valence-corrected chi connectivity index (χ2v) is 37.1. The Kier molecular flexibility index (Phi) is 66.5. The minimum absolute atomic E-state index is 0.0482. The lowest BCUT2D eigenvalue weighted by Gasteiger charge is -2.64. The molecule has 4 saturated carbocycles. The van der Waals surface area contributed by atoms with E-state index < -0.39 is 22.6 Å². The first-order chi connectivity index (χ1) is 54.1. The molecule has 0 saturated heterocycles. The maximum Gasteiger partial charge on any atom is 0.226 e. The van der Waals surface area contributed by atoms with Crippen LogP contribution in [0.2, 0.25) is 0 Å². The van der Waals surface area contributed by atoms with Crippen molar-refractivity contribution in [3.05, 3.63) is 0 Å². The van der Waals surface area contributed by atoms with Gasteiger partial charge in [-0.2, -0.15) is 0 Å². The summed E-state index contributed by atoms with van der Waals surface area (Å²) in [6.07, 6.45) is 93.8. The van der Waals surface area contributed by atoms with Crippen molar-refractivity contribution in [3.63, 3.8) is 0 Å². The molecule has 4 aliphatic carbocycles. The number of unbranched alkanes of at least 4 members (excludes halogenated alkanes) is 60. The van der Waals surface area contributed by atoms with Gasteiger partial charge in [-0.1, -0.05) is 408 Å². The largest absolute Gasteiger partial charge is 0.356 e. The Morgan fingerprint density at radius 3 is 0.560 bits per heavy atom. The topological polar surface area (TPSA) is 97.0 Å². The third kappa shape index (κ3) is 52.6. The van der Waals surface area contributed by atoms with Gasteiger partial charge in [0.25, 0.3) is 0 Å². The van der Waals surface area contributed by atoms with Crippen molar-refractivity contribution in [2.75, 3.05) is 78.5 Å². The lowest BCUT2D eigenvalue weighted by Crippen LogP contribution is -2.67. The molecular formula is C100H196N6O3. The highest BCUT2D eigenvalue weighted by Crippen LogP contribution is 2.70. The monoisotopic (exact) mass is 1530 g/mol. The van der Waals surface area contributed by atoms with Crippen molar-refractivity contribution in [3.8, 4) is 0 Å². The molecule has 0 radical (unpaired) electrons. The highest BCUT2D eigenvalue weighted by atomic mass is 16.2. The fourth-order valence-corrected chi connectivity index (χ4v) is 19.8. The summed E-state index contributed by atoms with van der Waals surface area (Å²) in [7, 11) is 0. The Balaban J connectivity index is 1.68. The summed E-state index contributed by atoms with van der Waals surface area (Å²) in [4.78, 5) is 54.0. The van der Waals surface area contributed by atoms with E-state index in [4.69, 9.17) is 0 Å². The summed E-state index contributed by atoms with van der Waals surface area (Å²) in [5.41, 5.74) is -2.91. The van der Waals surface area contributed by atoms with E-state index >= 15 is 14.4 Å². The van der Waals surface area contributed by atoms with Crippen LogP contribution in [0.5, 0.6) is 0 Å². The van der Waals surface area contributed by atoms with Crippen LogP contribution in [0.15, 0.2) is 0 Å². The SMILES string of the molecule is [2H]C1C2(C(=O)NCCCCCN(CCCCCCCCCCCC)CCCCCCCCCCCC)CC3CC(C(=O)NCCCCCN(CCCCCCCCCCCC)CCCCCCCCCCCC)(C2)CC1(C(=O)NCCCCCN(CCCCCCCCCCCC)CCCCCCCCCCCC)C3. The molecule has 3 N–H and O–H groups in total. The van der Waals surface area contributed by atoms with E-state index in [1.807, 2.05) is 0 Å². The maximum atomic E-state index is 15.2. The molecule has 3 amide bonds. The number of carbonyl (C=O) groups excluding carboxylic acids is 3. The summed E-state index contributed by atoms with van der Waals surface area (Å²) in [5, 5.41) is 10.4. The average Bonchev–Trinajstić information content (AvgIpc) is 0.678. The molecule has 4 aliphatic rings. The van der Waals surface area contributed by atoms with Crippen LogP contribution in [0, 0.1) is 22.2 Å². The number of amides is 3. The van der Waals surface area contributed by atoms with Gasteiger partial charge < -0.3 is 30.7 Å². The molecule has 2 unspecified atom stereocenters. The number of nitrogens with zero attached hydrogens (tertiary/aromatic N) is 3. The molecule has 9 heteroatoms. The Hall–Kier alpha value is -1.71. The summed E-state index contributed by atoms with van der Waals surface area (Å²) in [5.74, 6) is 0.0132. The normalized spacial score (nSPS) is 19.0. The van der Waals surface area contributed by atoms with Crippen molar-refractivity contribution in [1.82, 2.24) is 30.7 Å². The molecule has 0 aromatic carbocycles. The fourth-order valence-electron chi connectivity index (χ4n) is 19.8. The van der Waals surface area contributed by atoms with E-state index in [2.05, 4.69) is 72.2 Å². The molecule has 4 rings (SSSR count). The van der Waals surface area contributed by atoms with Crippen molar-refractivity contribution in [2.24, 2.45) is 22.2 Å². The first-order valence-electron chi connectivity index (χ1n) is 51.1. The van der Waals surface area contributed by atoms with Gasteiger partial charge in [0.05, 0.1) is 16.2 Å². The predicted molar refractivity (Wildman–Crippen MR) is 479 cm³/mol. The molecule has 109 heavy (non-hydrogen) atoms. The highest BCUT2D eigenvalue weighted by Gasteiger charge is 2.69. The molecule has 4 fully saturated rings. The quantitative estimate of drug-likeness (QED) is 0.0525. The Bertz CT molecular complexity index is 1880. The second kappa shape index (κ2) is 72.7. The van der Waals surface area contributed by atoms with Crippen molar-refractivity contribution in [2.45, 2.75) is 523 Å². The summed E-state index contributed by atoms with van der Waals surface area (Å²) in [6, 6.07) is 0. The molecule has 4 bridgehead atoms. The predicted octanol–water partition coefficient (Wildman–Crippen LogP) is 29.2. The van der Waals surface area contributed by atoms with Gasteiger partial charge in [0, 0.05) is 21.0 Å². The summed E-state index contributed by atoms with van der Waals surface area (Å²) in [6.45, 7) is 26.4. The zero-order valence-electron chi connectivity index (χ0n) is 76.0. The third-order valence-corrected chi connectivity index (χ3v) is 26.5. The van der Waals surface area contributed by atoms with Gasteiger partial charge >= 0.3 is 0 Å². The van der Waals surface area contributed by atoms with Crippen molar-refractivity contribution >= 4 is 17.7 Å². The molecular weight excluding hydrogens is 1330 g/mol. The van der Waals surface area contributed by atoms with Crippen LogP contribution < -0.4 is 16.0 Å². The second-order valence-electron chi connectivity index (χ2n) is 37.1. The van der Waals surface area contributed by atoms with Gasteiger partial charge in [0.1, 0.15) is 0 Å². The van der Waals surface area contributed by atoms with Gasteiger partial charge in [-0.05, 0) is 180 Å². The lowest BCUT2D eigenvalue weighted by molar-refractivity contribution is -0.188. The Labute approximate surface area is 684 Å². The molecule has 0 aromatic heterocycles. The van der Waals surface area contributed by atoms with Crippen LogP contribution >= 0.6 is 0 Å². The molecule has 0 heterocycles. The minimum atomic E-state index is -1.05. The number of nitrogens with one attached hydrogen (secondary N) is 3. The van der Waals surface area contributed by atoms with Gasteiger partial charge in [-0.15, -0.1) is 0 Å². The number of carbonyl (C=O) groups is 3. The van der Waals surface area contributed by atoms with Crippen LogP contribution in [0.4, 0.5) is 0 Å². The van der Waals surface area contributed by atoms with Crippen LogP contribution in [-0.2, 0) is 14.4 Å². The first-order valence-corrected chi connectivity index (χ1v) is 50.5. The van der Waals surface area contributed by atoms with E-state index in [0.29, 0.717) is 45.3 Å². The van der Waals surface area contributed by atoms with E-state index in [1.165, 1.54) is 425 Å². The summed E-state index contributed by atoms with van der Waals surface area (Å²) >= 11 is 0. The van der Waals surface area contributed by atoms with Gasteiger partial charge in [0.15, 0.2) is 0 Å². The zero-order valence-corrected chi connectivity index (χ0v) is 75.0. The fraction of sp³-hybridized carbons (Fsp3) is 0.970. The highest BCUT2D eigenvalue weighted by molar-refractivity contribution is 5.92. The van der Waals surface area contributed by atoms with E-state index in [9.17, 15) is 1.37 Å². The number of hydrogen-bond acceptors (Lipinski definition) is 6. The maximum absolute atomic E-state index is 15.2. The van der Waals surface area contributed by atoms with E-state index in [-0.39, 0.29) is 23.6 Å². The minimum Gasteiger partial charge on any atom is -0.356 e. The Morgan fingerprint density at radius 1 is 0.229 bits per heavy atom. The number of hydrogen-bond donors (Lipinski definition) is 3. The van der Waals surface area contributed by atoms with Gasteiger partial charge in [0.2, 0.25) is 17.7 Å². The molecule has 2 atom stereocenters.